The molecule has 0 aliphatic carbocycles. The molecule has 0 atom stereocenters. The fraction of sp³-hybridized carbons (Fsp3) is 0. The van der Waals surface area contributed by atoms with Gasteiger partial charge in [-0.1, -0.05) is 0 Å². The van der Waals surface area contributed by atoms with Crippen molar-refractivity contribution in [3.63, 3.8) is 0 Å². The number of nitrogens with zero attached hydrogens (tertiary/aromatic N) is 5. The summed E-state index contributed by atoms with van der Waals surface area (Å²) in [6.07, 6.45) is 4.95. The zero-order valence-electron chi connectivity index (χ0n) is 8.28. The lowest BCUT2D eigenvalue weighted by molar-refractivity contribution is 0.934. The number of fused-ring (bicyclic) bond motifs is 1. The Bertz CT molecular complexity index is 644. The summed E-state index contributed by atoms with van der Waals surface area (Å²) >= 11 is 0. The molecule has 0 unspecified atom stereocenters. The van der Waals surface area contributed by atoms with Crippen molar-refractivity contribution in [3.8, 4) is 11.4 Å². The van der Waals surface area contributed by atoms with Gasteiger partial charge < -0.3 is 5.73 Å². The number of nitrogen functional groups attached to an aromatic ring is 1. The van der Waals surface area contributed by atoms with E-state index in [-0.39, 0.29) is 0 Å². The lowest BCUT2D eigenvalue weighted by Gasteiger charge is -1.98. The molecule has 0 radical (unpaired) electrons. The first-order valence-electron chi connectivity index (χ1n) is 4.72. The third kappa shape index (κ3) is 1.28. The van der Waals surface area contributed by atoms with E-state index in [0.717, 1.165) is 5.56 Å². The number of hydrogen-bond acceptors (Lipinski definition) is 5. The molecule has 3 heterocycles. The summed E-state index contributed by atoms with van der Waals surface area (Å²) in [4.78, 5) is 4.01. The Balaban J connectivity index is 2.26. The summed E-state index contributed by atoms with van der Waals surface area (Å²) in [6, 6.07) is 5.44. The minimum absolute atomic E-state index is 0.588. The van der Waals surface area contributed by atoms with Gasteiger partial charge in [-0.2, -0.15) is 9.61 Å². The lowest BCUT2D eigenvalue weighted by Crippen LogP contribution is -1.95. The highest BCUT2D eigenvalue weighted by Gasteiger charge is 2.08. The average molecular weight is 212 g/mol. The molecule has 3 aromatic rings. The van der Waals surface area contributed by atoms with Gasteiger partial charge in [0.1, 0.15) is 0 Å². The Labute approximate surface area is 90.8 Å². The first-order chi connectivity index (χ1) is 7.84. The highest BCUT2D eigenvalue weighted by atomic mass is 15.4. The molecule has 16 heavy (non-hydrogen) atoms. The number of rotatable bonds is 1. The maximum Gasteiger partial charge on any atom is 0.187 e. The number of pyridine rings is 1. The Hall–Kier alpha value is -2.50. The fourth-order valence-corrected chi connectivity index (χ4v) is 1.50. The fourth-order valence-electron chi connectivity index (χ4n) is 1.50. The molecule has 0 aromatic carbocycles. The van der Waals surface area contributed by atoms with Gasteiger partial charge in [0.25, 0.3) is 0 Å². The van der Waals surface area contributed by atoms with Gasteiger partial charge in [0.2, 0.25) is 0 Å². The second-order valence-corrected chi connectivity index (χ2v) is 3.32. The number of aromatic nitrogens is 5. The molecule has 6 nitrogen and oxygen atoms in total. The van der Waals surface area contributed by atoms with E-state index in [1.54, 1.807) is 29.2 Å². The van der Waals surface area contributed by atoms with Crippen LogP contribution in [0.4, 0.5) is 5.69 Å². The van der Waals surface area contributed by atoms with Crippen LogP contribution in [-0.4, -0.2) is 24.8 Å². The molecule has 6 heteroatoms. The van der Waals surface area contributed by atoms with Gasteiger partial charge in [0.15, 0.2) is 11.5 Å². The summed E-state index contributed by atoms with van der Waals surface area (Å²) in [5.41, 5.74) is 7.75. The van der Waals surface area contributed by atoms with Crippen molar-refractivity contribution in [2.45, 2.75) is 0 Å². The van der Waals surface area contributed by atoms with Crippen LogP contribution in [0.25, 0.3) is 17.0 Å². The van der Waals surface area contributed by atoms with E-state index in [4.69, 9.17) is 5.73 Å². The lowest BCUT2D eigenvalue weighted by atomic mass is 10.2. The zero-order chi connectivity index (χ0) is 11.0. The third-order valence-electron chi connectivity index (χ3n) is 2.20. The minimum atomic E-state index is 0.588. The van der Waals surface area contributed by atoms with Crippen LogP contribution in [-0.2, 0) is 0 Å². The molecule has 0 aliphatic rings. The molecular formula is C10H8N6. The normalized spacial score (nSPS) is 10.8. The highest BCUT2D eigenvalue weighted by molar-refractivity contribution is 5.61. The maximum atomic E-state index is 5.67. The summed E-state index contributed by atoms with van der Waals surface area (Å²) in [5, 5.41) is 12.2. The Kier molecular flexibility index (Phi) is 1.79. The van der Waals surface area contributed by atoms with Crippen LogP contribution in [0, 0.1) is 0 Å². The summed E-state index contributed by atoms with van der Waals surface area (Å²) < 4.78 is 1.65. The van der Waals surface area contributed by atoms with Crippen LogP contribution in [0.3, 0.4) is 0 Å². The van der Waals surface area contributed by atoms with Gasteiger partial charge in [-0.15, -0.1) is 10.2 Å². The molecule has 0 spiro atoms. The van der Waals surface area contributed by atoms with E-state index >= 15 is 0 Å². The third-order valence-corrected chi connectivity index (χ3v) is 2.20. The second-order valence-electron chi connectivity index (χ2n) is 3.32. The SMILES string of the molecule is Nc1cncc(-c2nnc3cccnn23)c1. The molecule has 0 amide bonds. The van der Waals surface area contributed by atoms with Gasteiger partial charge in [0.05, 0.1) is 5.69 Å². The number of anilines is 1. The van der Waals surface area contributed by atoms with Crippen LogP contribution in [0.1, 0.15) is 0 Å². The number of hydrogen-bond donors (Lipinski definition) is 1. The molecule has 3 rings (SSSR count). The zero-order valence-corrected chi connectivity index (χ0v) is 8.28. The predicted octanol–water partition coefficient (Wildman–Crippen LogP) is 0.768. The Morgan fingerprint density at radius 2 is 2.12 bits per heavy atom. The summed E-state index contributed by atoms with van der Waals surface area (Å²) in [5.74, 6) is 0.635. The van der Waals surface area contributed by atoms with Crippen molar-refractivity contribution in [1.82, 2.24) is 24.8 Å². The second kappa shape index (κ2) is 3.27. The first kappa shape index (κ1) is 8.78. The van der Waals surface area contributed by atoms with Crippen LogP contribution in [0.15, 0.2) is 36.8 Å². The monoisotopic (exact) mass is 212 g/mol. The van der Waals surface area contributed by atoms with Crippen LogP contribution >= 0.6 is 0 Å². The topological polar surface area (TPSA) is 82.0 Å². The molecule has 0 fully saturated rings. The predicted molar refractivity (Wildman–Crippen MR) is 58.4 cm³/mol. The van der Waals surface area contributed by atoms with Crippen molar-refractivity contribution < 1.29 is 0 Å². The van der Waals surface area contributed by atoms with Gasteiger partial charge in [-0.05, 0) is 18.2 Å². The molecule has 2 N–H and O–H groups in total. The summed E-state index contributed by atoms with van der Waals surface area (Å²) in [6.45, 7) is 0. The van der Waals surface area contributed by atoms with Gasteiger partial charge in [0, 0.05) is 24.2 Å². The van der Waals surface area contributed by atoms with E-state index in [0.29, 0.717) is 17.2 Å². The van der Waals surface area contributed by atoms with E-state index in [1.165, 1.54) is 0 Å². The molecule has 0 saturated carbocycles. The van der Waals surface area contributed by atoms with E-state index in [1.807, 2.05) is 12.1 Å². The highest BCUT2D eigenvalue weighted by Crippen LogP contribution is 2.17. The average Bonchev–Trinajstić information content (AvgIpc) is 2.72. The Morgan fingerprint density at radius 3 is 3.00 bits per heavy atom. The van der Waals surface area contributed by atoms with E-state index in [9.17, 15) is 0 Å². The van der Waals surface area contributed by atoms with Gasteiger partial charge in [-0.3, -0.25) is 4.98 Å². The molecule has 0 saturated heterocycles. The van der Waals surface area contributed by atoms with Crippen molar-refractivity contribution in [3.05, 3.63) is 36.8 Å². The van der Waals surface area contributed by atoms with E-state index < -0.39 is 0 Å². The minimum Gasteiger partial charge on any atom is -0.397 e. The quantitative estimate of drug-likeness (QED) is 0.644. The molecular weight excluding hydrogens is 204 g/mol. The van der Waals surface area contributed by atoms with Crippen LogP contribution in [0.5, 0.6) is 0 Å². The van der Waals surface area contributed by atoms with Crippen molar-refractivity contribution in [2.24, 2.45) is 0 Å². The standard InChI is InChI=1S/C10H8N6/c11-8-4-7(5-12-6-8)10-15-14-9-2-1-3-13-16(9)10/h1-6H,11H2. The summed E-state index contributed by atoms with van der Waals surface area (Å²) in [7, 11) is 0. The molecule has 0 aliphatic heterocycles. The van der Waals surface area contributed by atoms with Gasteiger partial charge in [-0.25, -0.2) is 0 Å². The maximum absolute atomic E-state index is 5.67. The van der Waals surface area contributed by atoms with Gasteiger partial charge >= 0.3 is 0 Å². The van der Waals surface area contributed by atoms with Crippen LogP contribution in [0.2, 0.25) is 0 Å². The largest absolute Gasteiger partial charge is 0.397 e. The first-order valence-corrected chi connectivity index (χ1v) is 4.72. The van der Waals surface area contributed by atoms with E-state index in [2.05, 4.69) is 20.3 Å². The molecule has 3 aromatic heterocycles. The van der Waals surface area contributed by atoms with Crippen LogP contribution < -0.4 is 5.73 Å². The van der Waals surface area contributed by atoms with Crippen molar-refractivity contribution in [1.29, 1.82) is 0 Å². The Morgan fingerprint density at radius 1 is 1.19 bits per heavy atom. The molecule has 0 bridgehead atoms. The van der Waals surface area contributed by atoms with Crippen molar-refractivity contribution in [2.75, 3.05) is 5.73 Å². The smallest absolute Gasteiger partial charge is 0.187 e. The molecule has 78 valence electrons. The number of nitrogens with two attached hydrogens (primary N) is 1. The van der Waals surface area contributed by atoms with Crippen molar-refractivity contribution >= 4 is 11.3 Å².